The van der Waals surface area contributed by atoms with Gasteiger partial charge in [0.25, 0.3) is 0 Å². The fourth-order valence-electron chi connectivity index (χ4n) is 2.59. The van der Waals surface area contributed by atoms with Crippen LogP contribution in [0.4, 0.5) is 0 Å². The van der Waals surface area contributed by atoms with E-state index in [9.17, 15) is 9.59 Å². The summed E-state index contributed by atoms with van der Waals surface area (Å²) in [7, 11) is 1.33. The first-order valence-corrected chi connectivity index (χ1v) is 9.97. The first-order chi connectivity index (χ1) is 13.5. The van der Waals surface area contributed by atoms with Crippen LogP contribution in [-0.2, 0) is 16.0 Å². The number of aromatic nitrogens is 1. The van der Waals surface area contributed by atoms with Gasteiger partial charge in [0.15, 0.2) is 11.8 Å². The molecule has 0 radical (unpaired) electrons. The minimum atomic E-state index is -0.707. The van der Waals surface area contributed by atoms with Crippen molar-refractivity contribution in [1.29, 1.82) is 0 Å². The van der Waals surface area contributed by atoms with Crippen molar-refractivity contribution in [2.45, 2.75) is 25.8 Å². The summed E-state index contributed by atoms with van der Waals surface area (Å²) in [6, 6.07) is 10.2. The maximum Gasteiger partial charge on any atom is 0.330 e. The Morgan fingerprint density at radius 3 is 2.57 bits per heavy atom. The average Bonchev–Trinajstić information content (AvgIpc) is 2.72. The van der Waals surface area contributed by atoms with E-state index in [1.165, 1.54) is 13.3 Å². The Morgan fingerprint density at radius 2 is 1.96 bits per heavy atom. The molecular weight excluding hydrogens is 424 g/mol. The van der Waals surface area contributed by atoms with Crippen LogP contribution in [0.3, 0.4) is 0 Å². The number of hydrogen-bond acceptors (Lipinski definition) is 6. The molecule has 2 aromatic rings. The van der Waals surface area contributed by atoms with Gasteiger partial charge in [-0.3, -0.25) is 14.8 Å². The molecule has 1 atom stereocenters. The van der Waals surface area contributed by atoms with Gasteiger partial charge in [0, 0.05) is 41.8 Å². The summed E-state index contributed by atoms with van der Waals surface area (Å²) in [5.74, 6) is 0.235. The third kappa shape index (κ3) is 6.88. The second kappa shape index (κ2) is 11.3. The molecule has 0 aliphatic heterocycles. The third-order valence-electron chi connectivity index (χ3n) is 3.95. The highest BCUT2D eigenvalue weighted by Gasteiger charge is 2.20. The number of nitrogens with zero attached hydrogens (tertiary/aromatic N) is 2. The van der Waals surface area contributed by atoms with Crippen molar-refractivity contribution in [2.75, 3.05) is 19.0 Å². The van der Waals surface area contributed by atoms with Crippen LogP contribution in [0.25, 0.3) is 0 Å². The SMILES string of the molecule is COC(=O)C(Cc1ccc(OCCBr)cc1)N=C(C)CC(=O)c1cccnc1. The lowest BCUT2D eigenvalue weighted by Crippen LogP contribution is -2.24. The maximum atomic E-state index is 12.3. The van der Waals surface area contributed by atoms with Crippen LogP contribution in [0.2, 0.25) is 0 Å². The molecule has 2 rings (SSSR count). The van der Waals surface area contributed by atoms with Gasteiger partial charge in [-0.1, -0.05) is 28.1 Å². The van der Waals surface area contributed by atoms with Crippen molar-refractivity contribution >= 4 is 33.4 Å². The Bertz CT molecular complexity index is 807. The van der Waals surface area contributed by atoms with E-state index < -0.39 is 12.0 Å². The number of halogens is 1. The van der Waals surface area contributed by atoms with E-state index in [1.807, 2.05) is 24.3 Å². The molecule has 1 aromatic carbocycles. The Labute approximate surface area is 173 Å². The molecule has 0 fully saturated rings. The number of hydrogen-bond donors (Lipinski definition) is 0. The number of alkyl halides is 1. The van der Waals surface area contributed by atoms with Crippen molar-refractivity contribution in [2.24, 2.45) is 4.99 Å². The van der Waals surface area contributed by atoms with E-state index in [-0.39, 0.29) is 12.2 Å². The smallest absolute Gasteiger partial charge is 0.330 e. The molecular formula is C21H23BrN2O4. The van der Waals surface area contributed by atoms with Crippen LogP contribution in [0.15, 0.2) is 53.8 Å². The summed E-state index contributed by atoms with van der Waals surface area (Å²) in [4.78, 5) is 32.9. The number of aliphatic imine (C=N–C) groups is 1. The van der Waals surface area contributed by atoms with Crippen LogP contribution >= 0.6 is 15.9 Å². The zero-order chi connectivity index (χ0) is 20.4. The standard InChI is InChI=1S/C21H23BrN2O4/c1-15(12-20(25)17-4-3-10-23-14-17)24-19(21(26)27-2)13-16-5-7-18(8-6-16)28-11-9-22/h3-8,10,14,19H,9,11-13H2,1-2H3. The van der Waals surface area contributed by atoms with Crippen molar-refractivity contribution in [3.8, 4) is 5.75 Å². The predicted octanol–water partition coefficient (Wildman–Crippen LogP) is 3.67. The molecule has 0 N–H and O–H groups in total. The van der Waals surface area contributed by atoms with Gasteiger partial charge in [-0.15, -0.1) is 0 Å². The molecule has 0 aliphatic carbocycles. The Kier molecular flexibility index (Phi) is 8.81. The molecule has 6 nitrogen and oxygen atoms in total. The summed E-state index contributed by atoms with van der Waals surface area (Å²) in [5, 5.41) is 0.755. The lowest BCUT2D eigenvalue weighted by molar-refractivity contribution is -0.142. The van der Waals surface area contributed by atoms with Crippen LogP contribution in [0.1, 0.15) is 29.3 Å². The average molecular weight is 447 g/mol. The van der Waals surface area contributed by atoms with Gasteiger partial charge in [-0.05, 0) is 36.8 Å². The van der Waals surface area contributed by atoms with E-state index >= 15 is 0 Å². The highest BCUT2D eigenvalue weighted by atomic mass is 79.9. The fourth-order valence-corrected chi connectivity index (χ4v) is 2.75. The molecule has 0 amide bonds. The summed E-state index contributed by atoms with van der Waals surface area (Å²) in [6.07, 6.45) is 3.64. The van der Waals surface area contributed by atoms with Gasteiger partial charge in [-0.2, -0.15) is 0 Å². The van der Waals surface area contributed by atoms with E-state index in [0.717, 1.165) is 16.6 Å². The minimum Gasteiger partial charge on any atom is -0.493 e. The number of pyridine rings is 1. The lowest BCUT2D eigenvalue weighted by Gasteiger charge is -2.13. The summed E-state index contributed by atoms with van der Waals surface area (Å²) in [5.41, 5.74) is 2.02. The Morgan fingerprint density at radius 1 is 1.21 bits per heavy atom. The number of ether oxygens (including phenoxy) is 2. The van der Waals surface area contributed by atoms with Crippen LogP contribution in [0, 0.1) is 0 Å². The number of methoxy groups -OCH3 is 1. The van der Waals surface area contributed by atoms with Crippen LogP contribution in [0.5, 0.6) is 5.75 Å². The molecule has 0 spiro atoms. The number of Topliss-reactive ketones (excluding diaryl/α,β-unsaturated/α-hetero) is 1. The van der Waals surface area contributed by atoms with Gasteiger partial charge in [0.2, 0.25) is 0 Å². The Hall–Kier alpha value is -2.54. The van der Waals surface area contributed by atoms with Crippen molar-refractivity contribution < 1.29 is 19.1 Å². The van der Waals surface area contributed by atoms with E-state index in [2.05, 4.69) is 25.9 Å². The topological polar surface area (TPSA) is 77.9 Å². The molecule has 0 saturated carbocycles. The van der Waals surface area contributed by atoms with Gasteiger partial charge < -0.3 is 9.47 Å². The summed E-state index contributed by atoms with van der Waals surface area (Å²) in [6.45, 7) is 2.32. The molecule has 0 bridgehead atoms. The predicted molar refractivity (Wildman–Crippen MR) is 112 cm³/mol. The zero-order valence-electron chi connectivity index (χ0n) is 15.9. The van der Waals surface area contributed by atoms with Gasteiger partial charge in [-0.25, -0.2) is 4.79 Å². The fraction of sp³-hybridized carbons (Fsp3) is 0.333. The van der Waals surface area contributed by atoms with Crippen LogP contribution < -0.4 is 4.74 Å². The Balaban J connectivity index is 2.07. The van der Waals surface area contributed by atoms with Gasteiger partial charge in [0.05, 0.1) is 13.7 Å². The highest BCUT2D eigenvalue weighted by Crippen LogP contribution is 2.15. The molecule has 0 aliphatic rings. The largest absolute Gasteiger partial charge is 0.493 e. The second-order valence-corrected chi connectivity index (χ2v) is 6.92. The molecule has 7 heteroatoms. The summed E-state index contributed by atoms with van der Waals surface area (Å²) < 4.78 is 10.4. The van der Waals surface area contributed by atoms with E-state index in [1.54, 1.807) is 25.3 Å². The van der Waals surface area contributed by atoms with E-state index in [0.29, 0.717) is 24.3 Å². The zero-order valence-corrected chi connectivity index (χ0v) is 17.5. The molecule has 0 saturated heterocycles. The van der Waals surface area contributed by atoms with Crippen molar-refractivity contribution in [3.63, 3.8) is 0 Å². The molecule has 1 heterocycles. The third-order valence-corrected chi connectivity index (χ3v) is 4.27. The quantitative estimate of drug-likeness (QED) is 0.240. The number of esters is 1. The minimum absolute atomic E-state index is 0.0914. The van der Waals surface area contributed by atoms with Gasteiger partial charge >= 0.3 is 5.97 Å². The second-order valence-electron chi connectivity index (χ2n) is 6.13. The monoisotopic (exact) mass is 446 g/mol. The highest BCUT2D eigenvalue weighted by molar-refractivity contribution is 9.09. The van der Waals surface area contributed by atoms with Crippen molar-refractivity contribution in [1.82, 2.24) is 4.98 Å². The number of carbonyl (C=O) groups excluding carboxylic acids is 2. The molecule has 148 valence electrons. The van der Waals surface area contributed by atoms with Crippen molar-refractivity contribution in [3.05, 3.63) is 59.9 Å². The molecule has 1 unspecified atom stereocenters. The normalized spacial score (nSPS) is 12.3. The number of benzene rings is 1. The first-order valence-electron chi connectivity index (χ1n) is 8.85. The lowest BCUT2D eigenvalue weighted by atomic mass is 10.0. The number of rotatable bonds is 10. The van der Waals surface area contributed by atoms with Gasteiger partial charge in [0.1, 0.15) is 5.75 Å². The molecule has 1 aromatic heterocycles. The molecule has 28 heavy (non-hydrogen) atoms. The number of ketones is 1. The number of carbonyl (C=O) groups is 2. The van der Waals surface area contributed by atoms with E-state index in [4.69, 9.17) is 9.47 Å². The van der Waals surface area contributed by atoms with Crippen LogP contribution in [-0.4, -0.2) is 47.5 Å². The maximum absolute atomic E-state index is 12.3. The first kappa shape index (κ1) is 21.8. The summed E-state index contributed by atoms with van der Waals surface area (Å²) >= 11 is 3.31.